The van der Waals surface area contributed by atoms with E-state index in [1.54, 1.807) is 13.2 Å². The third-order valence-electron chi connectivity index (χ3n) is 2.87. The van der Waals surface area contributed by atoms with Crippen LogP contribution in [0.2, 0.25) is 0 Å². The first-order valence-electron chi connectivity index (χ1n) is 7.16. The van der Waals surface area contributed by atoms with Crippen molar-refractivity contribution >= 4 is 10.0 Å². The minimum atomic E-state index is -3.59. The SMILES string of the molecule is COCCNCc1ccc(S(=O)(=O)NC(C)CC(C)C)o1. The predicted octanol–water partition coefficient (Wildman–Crippen LogP) is 1.73. The van der Waals surface area contributed by atoms with E-state index in [9.17, 15) is 8.42 Å². The number of ether oxygens (including phenoxy) is 1. The molecule has 2 N–H and O–H groups in total. The molecule has 1 rings (SSSR count). The normalized spacial score (nSPS) is 13.8. The Kier molecular flexibility index (Phi) is 7.37. The van der Waals surface area contributed by atoms with E-state index < -0.39 is 10.0 Å². The molecule has 7 heteroatoms. The number of sulfonamides is 1. The molecule has 0 saturated carbocycles. The fourth-order valence-electron chi connectivity index (χ4n) is 2.06. The maximum Gasteiger partial charge on any atom is 0.274 e. The molecule has 1 unspecified atom stereocenters. The number of rotatable bonds is 10. The molecule has 0 aliphatic carbocycles. The van der Waals surface area contributed by atoms with Crippen LogP contribution in [-0.2, 0) is 21.3 Å². The van der Waals surface area contributed by atoms with Crippen LogP contribution < -0.4 is 10.0 Å². The lowest BCUT2D eigenvalue weighted by Crippen LogP contribution is -2.33. The smallest absolute Gasteiger partial charge is 0.274 e. The standard InChI is InChI=1S/C14H26N2O4S/c1-11(2)9-12(3)16-21(17,18)14-6-5-13(20-14)10-15-7-8-19-4/h5-6,11-12,15-16H,7-10H2,1-4H3. The van der Waals surface area contributed by atoms with Gasteiger partial charge in [0.1, 0.15) is 5.76 Å². The molecule has 0 fully saturated rings. The molecule has 0 aliphatic heterocycles. The van der Waals surface area contributed by atoms with E-state index in [1.165, 1.54) is 6.07 Å². The first-order valence-corrected chi connectivity index (χ1v) is 8.64. The topological polar surface area (TPSA) is 80.6 Å². The van der Waals surface area contributed by atoms with E-state index in [1.807, 2.05) is 6.92 Å². The van der Waals surface area contributed by atoms with Gasteiger partial charge in [-0.2, -0.15) is 0 Å². The highest BCUT2D eigenvalue weighted by atomic mass is 32.2. The molecular formula is C14H26N2O4S. The van der Waals surface area contributed by atoms with Crippen molar-refractivity contribution in [2.75, 3.05) is 20.3 Å². The molecule has 1 heterocycles. The van der Waals surface area contributed by atoms with Gasteiger partial charge in [0, 0.05) is 19.7 Å². The minimum absolute atomic E-state index is 0.0401. The van der Waals surface area contributed by atoms with Crippen molar-refractivity contribution in [2.24, 2.45) is 5.92 Å². The Bertz CT molecular complexity index is 511. The summed E-state index contributed by atoms with van der Waals surface area (Å²) in [6.45, 7) is 7.72. The van der Waals surface area contributed by atoms with Crippen LogP contribution >= 0.6 is 0 Å². The molecule has 0 aromatic carbocycles. The molecule has 0 bridgehead atoms. The lowest BCUT2D eigenvalue weighted by Gasteiger charge is -2.14. The van der Waals surface area contributed by atoms with Crippen LogP contribution in [0.3, 0.4) is 0 Å². The molecule has 1 aromatic heterocycles. The predicted molar refractivity (Wildman–Crippen MR) is 81.5 cm³/mol. The van der Waals surface area contributed by atoms with Crippen LogP contribution in [-0.4, -0.2) is 34.7 Å². The Balaban J connectivity index is 2.57. The van der Waals surface area contributed by atoms with E-state index in [-0.39, 0.29) is 11.1 Å². The molecule has 0 radical (unpaired) electrons. The maximum atomic E-state index is 12.2. The zero-order chi connectivity index (χ0) is 15.9. The number of methoxy groups -OCH3 is 1. The van der Waals surface area contributed by atoms with Gasteiger partial charge in [-0.05, 0) is 31.4 Å². The highest BCUT2D eigenvalue weighted by Gasteiger charge is 2.21. The van der Waals surface area contributed by atoms with Crippen LogP contribution in [0.15, 0.2) is 21.6 Å². The highest BCUT2D eigenvalue weighted by molar-refractivity contribution is 7.89. The summed E-state index contributed by atoms with van der Waals surface area (Å²) < 4.78 is 37.3. The van der Waals surface area contributed by atoms with Gasteiger partial charge < -0.3 is 14.5 Å². The molecular weight excluding hydrogens is 292 g/mol. The fourth-order valence-corrected chi connectivity index (χ4v) is 3.27. The van der Waals surface area contributed by atoms with Gasteiger partial charge in [0.2, 0.25) is 5.09 Å². The first-order chi connectivity index (χ1) is 9.85. The first kappa shape index (κ1) is 18.2. The van der Waals surface area contributed by atoms with Gasteiger partial charge in [-0.15, -0.1) is 0 Å². The van der Waals surface area contributed by atoms with Crippen LogP contribution in [0.1, 0.15) is 33.0 Å². The quantitative estimate of drug-likeness (QED) is 0.642. The molecule has 122 valence electrons. The summed E-state index contributed by atoms with van der Waals surface area (Å²) in [6.07, 6.45) is 0.783. The van der Waals surface area contributed by atoms with Gasteiger partial charge in [0.15, 0.2) is 0 Å². The molecule has 21 heavy (non-hydrogen) atoms. The molecule has 0 amide bonds. The molecule has 0 spiro atoms. The van der Waals surface area contributed by atoms with E-state index in [0.29, 0.717) is 31.4 Å². The average Bonchev–Trinajstić information content (AvgIpc) is 2.82. The van der Waals surface area contributed by atoms with Crippen molar-refractivity contribution in [2.45, 2.75) is 44.9 Å². The summed E-state index contributed by atoms with van der Waals surface area (Å²) in [7, 11) is -1.96. The number of hydrogen-bond acceptors (Lipinski definition) is 5. The second kappa shape index (κ2) is 8.53. The van der Waals surface area contributed by atoms with Crippen molar-refractivity contribution < 1.29 is 17.6 Å². The average molecular weight is 318 g/mol. The van der Waals surface area contributed by atoms with Gasteiger partial charge in [-0.1, -0.05) is 13.8 Å². The molecule has 0 aliphatic rings. The van der Waals surface area contributed by atoms with Crippen LogP contribution in [0.4, 0.5) is 0 Å². The third kappa shape index (κ3) is 6.60. The number of furan rings is 1. The largest absolute Gasteiger partial charge is 0.447 e. The van der Waals surface area contributed by atoms with Gasteiger partial charge in [-0.3, -0.25) is 0 Å². The zero-order valence-electron chi connectivity index (χ0n) is 13.2. The van der Waals surface area contributed by atoms with Crippen molar-refractivity contribution in [3.63, 3.8) is 0 Å². The van der Waals surface area contributed by atoms with Gasteiger partial charge in [-0.25, -0.2) is 13.1 Å². The van der Waals surface area contributed by atoms with Crippen molar-refractivity contribution in [1.82, 2.24) is 10.0 Å². The van der Waals surface area contributed by atoms with Gasteiger partial charge >= 0.3 is 0 Å². The summed E-state index contributed by atoms with van der Waals surface area (Å²) in [5.74, 6) is 1.02. The second-order valence-corrected chi connectivity index (χ2v) is 7.19. The number of hydrogen-bond donors (Lipinski definition) is 2. The van der Waals surface area contributed by atoms with Crippen molar-refractivity contribution in [1.29, 1.82) is 0 Å². The Labute approximate surface area is 127 Å². The second-order valence-electron chi connectivity index (χ2n) is 5.54. The summed E-state index contributed by atoms with van der Waals surface area (Å²) in [4.78, 5) is 0. The molecule has 6 nitrogen and oxygen atoms in total. The van der Waals surface area contributed by atoms with Crippen LogP contribution in [0.5, 0.6) is 0 Å². The maximum absolute atomic E-state index is 12.2. The summed E-state index contributed by atoms with van der Waals surface area (Å²) in [6, 6.07) is 3.03. The Morgan fingerprint density at radius 2 is 2.00 bits per heavy atom. The monoisotopic (exact) mass is 318 g/mol. The van der Waals surface area contributed by atoms with Gasteiger partial charge in [0.05, 0.1) is 13.2 Å². The zero-order valence-corrected chi connectivity index (χ0v) is 14.0. The van der Waals surface area contributed by atoms with Crippen molar-refractivity contribution in [3.8, 4) is 0 Å². The fraction of sp³-hybridized carbons (Fsp3) is 0.714. The summed E-state index contributed by atoms with van der Waals surface area (Å²) in [5.41, 5.74) is 0. The van der Waals surface area contributed by atoms with E-state index >= 15 is 0 Å². The lowest BCUT2D eigenvalue weighted by molar-refractivity contribution is 0.198. The Morgan fingerprint density at radius 1 is 1.29 bits per heavy atom. The Morgan fingerprint density at radius 3 is 2.62 bits per heavy atom. The van der Waals surface area contributed by atoms with Crippen LogP contribution in [0, 0.1) is 5.92 Å². The van der Waals surface area contributed by atoms with E-state index in [0.717, 1.165) is 6.42 Å². The lowest BCUT2D eigenvalue weighted by atomic mass is 10.1. The molecule has 1 aromatic rings. The van der Waals surface area contributed by atoms with Crippen LogP contribution in [0.25, 0.3) is 0 Å². The molecule has 0 saturated heterocycles. The molecule has 1 atom stereocenters. The van der Waals surface area contributed by atoms with E-state index in [2.05, 4.69) is 23.9 Å². The number of nitrogens with one attached hydrogen (secondary N) is 2. The van der Waals surface area contributed by atoms with Gasteiger partial charge in [0.25, 0.3) is 10.0 Å². The third-order valence-corrected chi connectivity index (χ3v) is 4.33. The minimum Gasteiger partial charge on any atom is -0.447 e. The van der Waals surface area contributed by atoms with Crippen molar-refractivity contribution in [3.05, 3.63) is 17.9 Å². The highest BCUT2D eigenvalue weighted by Crippen LogP contribution is 2.15. The Hall–Kier alpha value is -0.890. The van der Waals surface area contributed by atoms with E-state index in [4.69, 9.17) is 9.15 Å². The summed E-state index contributed by atoms with van der Waals surface area (Å²) >= 11 is 0. The summed E-state index contributed by atoms with van der Waals surface area (Å²) in [5, 5.41) is 3.06.